The molecule has 0 N–H and O–H groups in total. The van der Waals surface area contributed by atoms with Crippen molar-refractivity contribution >= 4 is 9.84 Å². The average molecular weight is 293 g/mol. The number of sulfone groups is 1. The number of nitrogens with zero attached hydrogens (tertiary/aromatic N) is 1. The minimum Gasteiger partial charge on any atom is -0.493 e. The highest BCUT2D eigenvalue weighted by atomic mass is 32.2. The Labute approximate surface area is 120 Å². The average Bonchev–Trinajstić information content (AvgIpc) is 2.96. The van der Waals surface area contributed by atoms with E-state index in [0.717, 1.165) is 31.2 Å². The van der Waals surface area contributed by atoms with Crippen molar-refractivity contribution in [3.63, 3.8) is 0 Å². The van der Waals surface area contributed by atoms with E-state index < -0.39 is 9.84 Å². The molecular formula is C15H19NO3S. The van der Waals surface area contributed by atoms with Gasteiger partial charge in [0.15, 0.2) is 9.84 Å². The van der Waals surface area contributed by atoms with E-state index in [0.29, 0.717) is 12.2 Å². The third-order valence-electron chi connectivity index (χ3n) is 3.65. The summed E-state index contributed by atoms with van der Waals surface area (Å²) in [5.41, 5.74) is 0.929. The van der Waals surface area contributed by atoms with Crippen LogP contribution >= 0.6 is 0 Å². The Morgan fingerprint density at radius 2 is 1.85 bits per heavy atom. The van der Waals surface area contributed by atoms with Gasteiger partial charge in [0.25, 0.3) is 0 Å². The van der Waals surface area contributed by atoms with Crippen LogP contribution in [-0.4, -0.2) is 26.0 Å². The Balaban J connectivity index is 1.82. The predicted octanol–water partition coefficient (Wildman–Crippen LogP) is 2.49. The molecule has 1 aliphatic rings. The lowest BCUT2D eigenvalue weighted by molar-refractivity contribution is 0.340. The number of nitriles is 1. The maximum absolute atomic E-state index is 12.0. The molecule has 2 rings (SSSR count). The second kappa shape index (κ2) is 6.76. The zero-order valence-corrected chi connectivity index (χ0v) is 12.2. The molecule has 1 saturated carbocycles. The molecule has 5 heteroatoms. The summed E-state index contributed by atoms with van der Waals surface area (Å²) in [5, 5.41) is 8.41. The Hall–Kier alpha value is -1.54. The van der Waals surface area contributed by atoms with Crippen molar-refractivity contribution in [3.8, 4) is 11.8 Å². The number of hydrogen-bond acceptors (Lipinski definition) is 4. The molecule has 0 spiro atoms. The summed E-state index contributed by atoms with van der Waals surface area (Å²) in [5.74, 6) is 0.728. The highest BCUT2D eigenvalue weighted by molar-refractivity contribution is 7.92. The van der Waals surface area contributed by atoms with Crippen LogP contribution in [0, 0.1) is 11.3 Å². The first-order valence-corrected chi connectivity index (χ1v) is 8.63. The first kappa shape index (κ1) is 14.9. The van der Waals surface area contributed by atoms with Gasteiger partial charge in [-0.05, 0) is 30.5 Å². The third kappa shape index (κ3) is 3.97. The summed E-state index contributed by atoms with van der Waals surface area (Å²) < 4.78 is 29.6. The van der Waals surface area contributed by atoms with Crippen molar-refractivity contribution < 1.29 is 13.2 Å². The topological polar surface area (TPSA) is 67.2 Å². The summed E-state index contributed by atoms with van der Waals surface area (Å²) in [7, 11) is -3.01. The lowest BCUT2D eigenvalue weighted by Gasteiger charge is -2.11. The van der Waals surface area contributed by atoms with E-state index in [9.17, 15) is 8.42 Å². The molecular weight excluding hydrogens is 274 g/mol. The highest BCUT2D eigenvalue weighted by Gasteiger charge is 2.28. The smallest absolute Gasteiger partial charge is 0.156 e. The molecule has 1 aliphatic carbocycles. The summed E-state index contributed by atoms with van der Waals surface area (Å²) in [4.78, 5) is 0. The van der Waals surface area contributed by atoms with E-state index in [1.165, 1.54) is 0 Å². The second-order valence-corrected chi connectivity index (χ2v) is 7.50. The lowest BCUT2D eigenvalue weighted by Crippen LogP contribution is -2.24. The maximum Gasteiger partial charge on any atom is 0.156 e. The molecule has 0 saturated heterocycles. The van der Waals surface area contributed by atoms with Gasteiger partial charge in [-0.2, -0.15) is 5.26 Å². The normalized spacial score (nSPS) is 15.9. The standard InChI is InChI=1S/C15H19NO3S/c16-10-9-13-5-7-14(8-6-13)19-11-12-20(17,18)15-3-1-2-4-15/h5-8,15H,1-4,9,11-12H2. The van der Waals surface area contributed by atoms with Crippen LogP contribution in [0.4, 0.5) is 0 Å². The third-order valence-corrected chi connectivity index (χ3v) is 5.88. The van der Waals surface area contributed by atoms with Gasteiger partial charge in [0, 0.05) is 0 Å². The van der Waals surface area contributed by atoms with Crippen molar-refractivity contribution in [1.82, 2.24) is 0 Å². The number of hydrogen-bond donors (Lipinski definition) is 0. The zero-order valence-electron chi connectivity index (χ0n) is 11.4. The van der Waals surface area contributed by atoms with Crippen molar-refractivity contribution in [3.05, 3.63) is 29.8 Å². The van der Waals surface area contributed by atoms with Crippen molar-refractivity contribution in [1.29, 1.82) is 5.26 Å². The fourth-order valence-corrected chi connectivity index (χ4v) is 4.19. The van der Waals surface area contributed by atoms with E-state index in [1.807, 2.05) is 12.1 Å². The summed E-state index contributed by atoms with van der Waals surface area (Å²) in [6.07, 6.45) is 4.00. The lowest BCUT2D eigenvalue weighted by atomic mass is 10.2. The van der Waals surface area contributed by atoms with E-state index in [-0.39, 0.29) is 17.6 Å². The molecule has 0 heterocycles. The fraction of sp³-hybridized carbons (Fsp3) is 0.533. The molecule has 20 heavy (non-hydrogen) atoms. The quantitative estimate of drug-likeness (QED) is 0.808. The number of ether oxygens (including phenoxy) is 1. The Bertz CT molecular complexity index is 566. The van der Waals surface area contributed by atoms with E-state index in [4.69, 9.17) is 10.00 Å². The van der Waals surface area contributed by atoms with E-state index >= 15 is 0 Å². The van der Waals surface area contributed by atoms with Crippen LogP contribution in [0.2, 0.25) is 0 Å². The van der Waals surface area contributed by atoms with Gasteiger partial charge in [-0.1, -0.05) is 25.0 Å². The molecule has 0 bridgehead atoms. The largest absolute Gasteiger partial charge is 0.493 e. The minimum absolute atomic E-state index is 0.0810. The van der Waals surface area contributed by atoms with Crippen LogP contribution in [0.1, 0.15) is 31.2 Å². The molecule has 0 aliphatic heterocycles. The van der Waals surface area contributed by atoms with E-state index in [2.05, 4.69) is 6.07 Å². The van der Waals surface area contributed by atoms with Crippen LogP contribution in [0.3, 0.4) is 0 Å². The molecule has 108 valence electrons. The van der Waals surface area contributed by atoms with Gasteiger partial charge in [-0.15, -0.1) is 0 Å². The molecule has 1 aromatic rings. The Morgan fingerprint density at radius 1 is 1.20 bits per heavy atom. The van der Waals surface area contributed by atoms with Crippen molar-refractivity contribution in [2.45, 2.75) is 37.4 Å². The first-order valence-electron chi connectivity index (χ1n) is 6.92. The van der Waals surface area contributed by atoms with E-state index in [1.54, 1.807) is 12.1 Å². The van der Waals surface area contributed by atoms with Gasteiger partial charge >= 0.3 is 0 Å². The molecule has 1 aromatic carbocycles. The molecule has 0 radical (unpaired) electrons. The van der Waals surface area contributed by atoms with Gasteiger partial charge < -0.3 is 4.74 Å². The molecule has 4 nitrogen and oxygen atoms in total. The monoisotopic (exact) mass is 293 g/mol. The number of benzene rings is 1. The van der Waals surface area contributed by atoms with Gasteiger partial charge in [0.2, 0.25) is 0 Å². The molecule has 1 fully saturated rings. The zero-order chi connectivity index (χ0) is 14.4. The summed E-state index contributed by atoms with van der Waals surface area (Å²) >= 11 is 0. The summed E-state index contributed by atoms with van der Waals surface area (Å²) in [6, 6.07) is 9.27. The highest BCUT2D eigenvalue weighted by Crippen LogP contribution is 2.25. The Kier molecular flexibility index (Phi) is 5.02. The SMILES string of the molecule is N#CCc1ccc(OCCS(=O)(=O)C2CCCC2)cc1. The van der Waals surface area contributed by atoms with Gasteiger partial charge in [0.1, 0.15) is 12.4 Å². The maximum atomic E-state index is 12.0. The fourth-order valence-electron chi connectivity index (χ4n) is 2.48. The van der Waals surface area contributed by atoms with Crippen LogP contribution in [0.5, 0.6) is 5.75 Å². The van der Waals surface area contributed by atoms with Gasteiger partial charge in [-0.3, -0.25) is 0 Å². The molecule has 0 atom stereocenters. The van der Waals surface area contributed by atoms with Crippen LogP contribution in [0.15, 0.2) is 24.3 Å². The molecule has 0 amide bonds. The van der Waals surface area contributed by atoms with Gasteiger partial charge in [0.05, 0.1) is 23.5 Å². The predicted molar refractivity (Wildman–Crippen MR) is 77.3 cm³/mol. The van der Waals surface area contributed by atoms with Crippen LogP contribution in [0.25, 0.3) is 0 Å². The number of rotatable bonds is 6. The summed E-state index contributed by atoms with van der Waals surface area (Å²) in [6.45, 7) is 0.191. The second-order valence-electron chi connectivity index (χ2n) is 5.10. The van der Waals surface area contributed by atoms with Crippen molar-refractivity contribution in [2.24, 2.45) is 0 Å². The van der Waals surface area contributed by atoms with Crippen LogP contribution < -0.4 is 4.74 Å². The van der Waals surface area contributed by atoms with Crippen molar-refractivity contribution in [2.75, 3.05) is 12.4 Å². The van der Waals surface area contributed by atoms with Crippen LogP contribution in [-0.2, 0) is 16.3 Å². The van der Waals surface area contributed by atoms with Gasteiger partial charge in [-0.25, -0.2) is 8.42 Å². The molecule has 0 unspecified atom stereocenters. The molecule has 0 aromatic heterocycles. The minimum atomic E-state index is -3.01. The Morgan fingerprint density at radius 3 is 2.45 bits per heavy atom. The first-order chi connectivity index (χ1) is 9.62.